The zero-order chi connectivity index (χ0) is 15.7. The van der Waals surface area contributed by atoms with E-state index in [9.17, 15) is 13.5 Å². The van der Waals surface area contributed by atoms with Crippen LogP contribution in [-0.2, 0) is 10.0 Å². The number of piperazine rings is 1. The van der Waals surface area contributed by atoms with Gasteiger partial charge in [0.15, 0.2) is 0 Å². The van der Waals surface area contributed by atoms with Crippen LogP contribution in [0, 0.1) is 0 Å². The van der Waals surface area contributed by atoms with Crippen LogP contribution in [0.2, 0.25) is 5.02 Å². The van der Waals surface area contributed by atoms with Crippen molar-refractivity contribution < 1.29 is 13.5 Å². The second-order valence-electron chi connectivity index (χ2n) is 5.95. The number of rotatable bonds is 4. The van der Waals surface area contributed by atoms with Crippen molar-refractivity contribution in [3.8, 4) is 0 Å². The Labute approximate surface area is 131 Å². The smallest absolute Gasteiger partial charge is 0.243 e. The summed E-state index contributed by atoms with van der Waals surface area (Å²) in [4.78, 5) is 2.30. The highest BCUT2D eigenvalue weighted by atomic mass is 35.5. The summed E-state index contributed by atoms with van der Waals surface area (Å²) in [5.74, 6) is 0. The molecule has 0 aromatic heterocycles. The Kier molecular flexibility index (Phi) is 4.95. The largest absolute Gasteiger partial charge is 0.389 e. The first-order chi connectivity index (χ1) is 9.68. The summed E-state index contributed by atoms with van der Waals surface area (Å²) in [5.41, 5.74) is -0.770. The van der Waals surface area contributed by atoms with Crippen molar-refractivity contribution in [1.82, 2.24) is 9.21 Å². The summed E-state index contributed by atoms with van der Waals surface area (Å²) in [6, 6.07) is 6.33. The maximum absolute atomic E-state index is 12.5. The predicted molar refractivity (Wildman–Crippen MR) is 82.9 cm³/mol. The van der Waals surface area contributed by atoms with E-state index in [1.165, 1.54) is 10.4 Å². The molecule has 2 rings (SSSR count). The first-order valence-corrected chi connectivity index (χ1v) is 8.71. The van der Waals surface area contributed by atoms with Crippen molar-refractivity contribution in [2.75, 3.05) is 32.7 Å². The lowest BCUT2D eigenvalue weighted by Gasteiger charge is -2.36. The fourth-order valence-corrected chi connectivity index (χ4v) is 4.18. The minimum absolute atomic E-state index is 0.228. The van der Waals surface area contributed by atoms with Gasteiger partial charge in [-0.3, -0.25) is 4.90 Å². The molecule has 1 fully saturated rings. The van der Waals surface area contributed by atoms with Crippen LogP contribution >= 0.6 is 11.6 Å². The van der Waals surface area contributed by atoms with E-state index in [1.54, 1.807) is 32.0 Å². The Balaban J connectivity index is 2.05. The van der Waals surface area contributed by atoms with Crippen molar-refractivity contribution in [3.63, 3.8) is 0 Å². The fraction of sp³-hybridized carbons (Fsp3) is 0.571. The van der Waals surface area contributed by atoms with Gasteiger partial charge in [-0.05, 0) is 32.0 Å². The molecule has 1 aliphatic rings. The summed E-state index contributed by atoms with van der Waals surface area (Å²) in [6.45, 7) is 6.12. The Bertz CT molecular complexity index is 590. The molecular weight excluding hydrogens is 312 g/mol. The third-order valence-electron chi connectivity index (χ3n) is 3.38. The monoisotopic (exact) mass is 332 g/mol. The van der Waals surface area contributed by atoms with Gasteiger partial charge in [0.2, 0.25) is 10.0 Å². The van der Waals surface area contributed by atoms with E-state index in [-0.39, 0.29) is 4.90 Å². The van der Waals surface area contributed by atoms with E-state index in [1.807, 2.05) is 0 Å². The van der Waals surface area contributed by atoms with Crippen LogP contribution in [0.15, 0.2) is 29.2 Å². The second kappa shape index (κ2) is 6.22. The highest BCUT2D eigenvalue weighted by Crippen LogP contribution is 2.21. The van der Waals surface area contributed by atoms with Gasteiger partial charge in [0, 0.05) is 37.7 Å². The lowest BCUT2D eigenvalue weighted by Crippen LogP contribution is -2.51. The summed E-state index contributed by atoms with van der Waals surface area (Å²) in [5, 5.41) is 10.2. The molecule has 0 radical (unpaired) electrons. The molecule has 0 unspecified atom stereocenters. The quantitative estimate of drug-likeness (QED) is 0.906. The van der Waals surface area contributed by atoms with Crippen molar-refractivity contribution >= 4 is 21.6 Å². The number of hydrogen-bond donors (Lipinski definition) is 1. The molecule has 0 saturated carbocycles. The molecule has 1 aromatic carbocycles. The van der Waals surface area contributed by atoms with Crippen LogP contribution in [0.1, 0.15) is 13.8 Å². The van der Waals surface area contributed by atoms with Gasteiger partial charge in [-0.15, -0.1) is 0 Å². The summed E-state index contributed by atoms with van der Waals surface area (Å²) >= 11 is 5.87. The number of hydrogen-bond acceptors (Lipinski definition) is 4. The van der Waals surface area contributed by atoms with E-state index >= 15 is 0 Å². The molecule has 1 saturated heterocycles. The number of sulfonamides is 1. The van der Waals surface area contributed by atoms with Crippen molar-refractivity contribution in [2.45, 2.75) is 24.3 Å². The highest BCUT2D eigenvalue weighted by Gasteiger charge is 2.30. The molecule has 0 atom stereocenters. The number of halogens is 1. The van der Waals surface area contributed by atoms with Crippen LogP contribution in [0.4, 0.5) is 0 Å². The molecule has 0 aliphatic carbocycles. The summed E-state index contributed by atoms with van der Waals surface area (Å²) in [6.07, 6.45) is 0. The molecule has 118 valence electrons. The average Bonchev–Trinajstić information content (AvgIpc) is 2.37. The summed E-state index contributed by atoms with van der Waals surface area (Å²) < 4.78 is 26.5. The standard InChI is InChI=1S/C14H21ClN2O3S/c1-14(2,18)11-16-6-8-17(9-7-16)21(19,20)13-5-3-4-12(15)10-13/h3-5,10,18H,6-9,11H2,1-2H3. The van der Waals surface area contributed by atoms with Gasteiger partial charge < -0.3 is 5.11 Å². The molecule has 1 heterocycles. The van der Waals surface area contributed by atoms with Gasteiger partial charge in [0.25, 0.3) is 0 Å². The number of β-amino-alcohol motifs (C(OH)–C–C–N with tert-alkyl or cyclic N) is 1. The Morgan fingerprint density at radius 1 is 1.24 bits per heavy atom. The normalized spacial score (nSPS) is 18.9. The van der Waals surface area contributed by atoms with Gasteiger partial charge >= 0.3 is 0 Å². The topological polar surface area (TPSA) is 60.9 Å². The molecule has 0 amide bonds. The van der Waals surface area contributed by atoms with Crippen LogP contribution in [-0.4, -0.2) is 61.1 Å². The van der Waals surface area contributed by atoms with E-state index < -0.39 is 15.6 Å². The zero-order valence-electron chi connectivity index (χ0n) is 12.3. The molecule has 7 heteroatoms. The van der Waals surface area contributed by atoms with Gasteiger partial charge in [-0.2, -0.15) is 4.31 Å². The van der Waals surface area contributed by atoms with E-state index in [0.29, 0.717) is 37.7 Å². The van der Waals surface area contributed by atoms with Crippen molar-refractivity contribution in [1.29, 1.82) is 0 Å². The van der Waals surface area contributed by atoms with E-state index in [0.717, 1.165) is 0 Å². The van der Waals surface area contributed by atoms with Crippen LogP contribution in [0.3, 0.4) is 0 Å². The second-order valence-corrected chi connectivity index (χ2v) is 8.32. The Morgan fingerprint density at radius 2 is 1.86 bits per heavy atom. The summed E-state index contributed by atoms with van der Waals surface area (Å²) in [7, 11) is -3.49. The third kappa shape index (κ3) is 4.40. The minimum Gasteiger partial charge on any atom is -0.389 e. The van der Waals surface area contributed by atoms with Gasteiger partial charge in [-0.25, -0.2) is 8.42 Å². The SMILES string of the molecule is CC(C)(O)CN1CCN(S(=O)(=O)c2cccc(Cl)c2)CC1. The first kappa shape index (κ1) is 16.7. The Morgan fingerprint density at radius 3 is 2.38 bits per heavy atom. The molecular formula is C14H21ClN2O3S. The van der Waals surface area contributed by atoms with Gasteiger partial charge in [0.1, 0.15) is 0 Å². The number of benzene rings is 1. The molecule has 1 N–H and O–H groups in total. The van der Waals surface area contributed by atoms with Crippen LogP contribution < -0.4 is 0 Å². The molecule has 0 bridgehead atoms. The third-order valence-corrected chi connectivity index (χ3v) is 5.51. The number of aliphatic hydroxyl groups is 1. The molecule has 1 aromatic rings. The molecule has 5 nitrogen and oxygen atoms in total. The zero-order valence-corrected chi connectivity index (χ0v) is 13.9. The van der Waals surface area contributed by atoms with Gasteiger partial charge in [0.05, 0.1) is 10.5 Å². The highest BCUT2D eigenvalue weighted by molar-refractivity contribution is 7.89. The maximum Gasteiger partial charge on any atom is 0.243 e. The first-order valence-electron chi connectivity index (χ1n) is 6.89. The average molecular weight is 333 g/mol. The van der Waals surface area contributed by atoms with Crippen LogP contribution in [0.25, 0.3) is 0 Å². The number of nitrogens with zero attached hydrogens (tertiary/aromatic N) is 2. The lowest BCUT2D eigenvalue weighted by molar-refractivity contribution is 0.0263. The van der Waals surface area contributed by atoms with Crippen molar-refractivity contribution in [2.24, 2.45) is 0 Å². The lowest BCUT2D eigenvalue weighted by atomic mass is 10.1. The van der Waals surface area contributed by atoms with Crippen LogP contribution in [0.5, 0.6) is 0 Å². The van der Waals surface area contributed by atoms with Crippen molar-refractivity contribution in [3.05, 3.63) is 29.3 Å². The van der Waals surface area contributed by atoms with E-state index in [4.69, 9.17) is 11.6 Å². The molecule has 21 heavy (non-hydrogen) atoms. The molecule has 1 aliphatic heterocycles. The predicted octanol–water partition coefficient (Wildman–Crippen LogP) is 1.42. The van der Waals surface area contributed by atoms with E-state index in [2.05, 4.69) is 4.90 Å². The van der Waals surface area contributed by atoms with Gasteiger partial charge in [-0.1, -0.05) is 17.7 Å². The Hall–Kier alpha value is -0.660. The molecule has 0 spiro atoms. The fourth-order valence-electron chi connectivity index (χ4n) is 2.45. The maximum atomic E-state index is 12.5. The minimum atomic E-state index is -3.49.